The number of nitrogens with one attached hydrogen (secondary N) is 1. The van der Waals surface area contributed by atoms with Gasteiger partial charge in [0.2, 0.25) is 0 Å². The van der Waals surface area contributed by atoms with Gasteiger partial charge in [0.05, 0.1) is 21.3 Å². The van der Waals surface area contributed by atoms with Gasteiger partial charge < -0.3 is 5.32 Å². The highest BCUT2D eigenvalue weighted by molar-refractivity contribution is 7.10. The molecule has 2 aromatic carbocycles. The largest absolute Gasteiger partial charge is 0.322 e. The molecular formula is C26H18Cl2N2O2S. The van der Waals surface area contributed by atoms with E-state index in [2.05, 4.69) is 21.8 Å². The van der Waals surface area contributed by atoms with Gasteiger partial charge in [-0.15, -0.1) is 11.3 Å². The molecular weight excluding hydrogens is 475 g/mol. The van der Waals surface area contributed by atoms with Crippen LogP contribution < -0.4 is 5.32 Å². The molecule has 0 saturated heterocycles. The summed E-state index contributed by atoms with van der Waals surface area (Å²) in [6.07, 6.45) is 7.27. The fourth-order valence-corrected chi connectivity index (χ4v) is 5.30. The van der Waals surface area contributed by atoms with Crippen molar-refractivity contribution in [2.75, 3.05) is 5.32 Å². The van der Waals surface area contributed by atoms with E-state index in [1.165, 1.54) is 10.4 Å². The summed E-state index contributed by atoms with van der Waals surface area (Å²) in [6, 6.07) is 13.9. The Morgan fingerprint density at radius 2 is 1.88 bits per heavy atom. The van der Waals surface area contributed by atoms with Crippen molar-refractivity contribution in [3.8, 4) is 0 Å². The smallest absolute Gasteiger partial charge is 0.257 e. The lowest BCUT2D eigenvalue weighted by molar-refractivity contribution is 0.0946. The molecule has 1 N–H and O–H groups in total. The van der Waals surface area contributed by atoms with Crippen molar-refractivity contribution >= 4 is 63.7 Å². The summed E-state index contributed by atoms with van der Waals surface area (Å²) in [5, 5.41) is 5.41. The van der Waals surface area contributed by atoms with Crippen molar-refractivity contribution in [3.05, 3.63) is 103 Å². The second-order valence-electron chi connectivity index (χ2n) is 7.80. The maximum absolute atomic E-state index is 13.2. The predicted molar refractivity (Wildman–Crippen MR) is 136 cm³/mol. The number of rotatable bonds is 4. The Morgan fingerprint density at radius 3 is 2.70 bits per heavy atom. The molecule has 1 atom stereocenters. The molecule has 0 spiro atoms. The summed E-state index contributed by atoms with van der Waals surface area (Å²) in [6.45, 7) is 0. The Labute approximate surface area is 205 Å². The zero-order valence-electron chi connectivity index (χ0n) is 17.3. The van der Waals surface area contributed by atoms with Crippen molar-refractivity contribution in [2.45, 2.75) is 12.8 Å². The first-order valence-electron chi connectivity index (χ1n) is 10.4. The zero-order valence-corrected chi connectivity index (χ0v) is 19.7. The molecule has 1 aromatic heterocycles. The van der Waals surface area contributed by atoms with E-state index in [0.717, 1.165) is 17.7 Å². The van der Waals surface area contributed by atoms with Gasteiger partial charge in [-0.25, -0.2) is 0 Å². The van der Waals surface area contributed by atoms with Crippen LogP contribution in [0.4, 0.5) is 5.69 Å². The molecule has 1 aliphatic heterocycles. The second-order valence-corrected chi connectivity index (χ2v) is 9.59. The van der Waals surface area contributed by atoms with Gasteiger partial charge in [0.1, 0.15) is 0 Å². The molecule has 1 unspecified atom stereocenters. The molecule has 0 bridgehead atoms. The first kappa shape index (κ1) is 21.8. The van der Waals surface area contributed by atoms with Gasteiger partial charge >= 0.3 is 0 Å². The van der Waals surface area contributed by atoms with Crippen molar-refractivity contribution in [1.29, 1.82) is 0 Å². The molecule has 5 rings (SSSR count). The number of halogens is 2. The van der Waals surface area contributed by atoms with Crippen LogP contribution in [0.1, 0.15) is 37.6 Å². The molecule has 7 heteroatoms. The van der Waals surface area contributed by atoms with E-state index in [4.69, 9.17) is 23.2 Å². The molecule has 0 fully saturated rings. The minimum absolute atomic E-state index is 0.0403. The quantitative estimate of drug-likeness (QED) is 0.394. The molecule has 3 aromatic rings. The van der Waals surface area contributed by atoms with Crippen molar-refractivity contribution in [2.24, 2.45) is 10.9 Å². The molecule has 4 nitrogen and oxygen atoms in total. The number of nitrogens with zero attached hydrogens (tertiary/aromatic N) is 1. The number of hydrogen-bond donors (Lipinski definition) is 1. The molecule has 1 aliphatic carbocycles. The van der Waals surface area contributed by atoms with Crippen LogP contribution >= 0.6 is 34.5 Å². The lowest BCUT2D eigenvalue weighted by atomic mass is 9.84. The third-order valence-electron chi connectivity index (χ3n) is 5.76. The highest BCUT2D eigenvalue weighted by atomic mass is 35.5. The van der Waals surface area contributed by atoms with Crippen LogP contribution in [0.15, 0.2) is 76.8 Å². The summed E-state index contributed by atoms with van der Waals surface area (Å²) >= 11 is 13.9. The van der Waals surface area contributed by atoms with E-state index >= 15 is 0 Å². The van der Waals surface area contributed by atoms with Gasteiger partial charge in [-0.3, -0.25) is 14.6 Å². The van der Waals surface area contributed by atoms with Crippen molar-refractivity contribution in [1.82, 2.24) is 0 Å². The van der Waals surface area contributed by atoms with Crippen LogP contribution in [-0.2, 0) is 6.42 Å². The first-order chi connectivity index (χ1) is 16.0. The second kappa shape index (κ2) is 9.10. The van der Waals surface area contributed by atoms with E-state index in [0.29, 0.717) is 28.3 Å². The summed E-state index contributed by atoms with van der Waals surface area (Å²) < 4.78 is 0. The molecule has 2 heterocycles. The maximum atomic E-state index is 13.2. The van der Waals surface area contributed by atoms with Crippen molar-refractivity contribution < 1.29 is 9.59 Å². The van der Waals surface area contributed by atoms with Crippen LogP contribution in [-0.4, -0.2) is 17.9 Å². The zero-order chi connectivity index (χ0) is 22.9. The fraction of sp³-hybridized carbons (Fsp3) is 0.115. The van der Waals surface area contributed by atoms with Gasteiger partial charge in [-0.2, -0.15) is 0 Å². The minimum Gasteiger partial charge on any atom is -0.322 e. The van der Waals surface area contributed by atoms with Crippen molar-refractivity contribution in [3.63, 3.8) is 0 Å². The van der Waals surface area contributed by atoms with Crippen LogP contribution in [0.3, 0.4) is 0 Å². The number of fused-ring (bicyclic) bond motifs is 2. The third-order valence-corrected chi connectivity index (χ3v) is 7.52. The third kappa shape index (κ3) is 4.32. The van der Waals surface area contributed by atoms with Gasteiger partial charge in [0, 0.05) is 34.7 Å². The summed E-state index contributed by atoms with van der Waals surface area (Å²) in [5.74, 6) is -0.578. The van der Waals surface area contributed by atoms with Gasteiger partial charge in [0.25, 0.3) is 5.91 Å². The molecule has 2 aliphatic rings. The topological polar surface area (TPSA) is 58.5 Å². The Bertz CT molecular complexity index is 1350. The lowest BCUT2D eigenvalue weighted by Crippen LogP contribution is -2.16. The number of aliphatic imine (C=N–C) groups is 1. The Morgan fingerprint density at radius 1 is 1.06 bits per heavy atom. The average molecular weight is 493 g/mol. The summed E-state index contributed by atoms with van der Waals surface area (Å²) in [4.78, 5) is 31.6. The van der Waals surface area contributed by atoms with Crippen LogP contribution in [0.5, 0.6) is 0 Å². The number of Topliss-reactive ketones (excluding diaryl/α,β-unsaturated/α-hetero) is 1. The number of thiophene rings is 1. The van der Waals surface area contributed by atoms with E-state index in [1.807, 2.05) is 18.4 Å². The molecule has 1 amide bonds. The number of benzene rings is 2. The number of carbonyl (C=O) groups is 2. The van der Waals surface area contributed by atoms with E-state index in [-0.39, 0.29) is 22.6 Å². The van der Waals surface area contributed by atoms with E-state index in [1.54, 1.807) is 53.8 Å². The van der Waals surface area contributed by atoms with Crippen LogP contribution in [0.25, 0.3) is 5.57 Å². The number of hydrogen-bond acceptors (Lipinski definition) is 4. The molecule has 164 valence electrons. The van der Waals surface area contributed by atoms with E-state index in [9.17, 15) is 9.59 Å². The molecule has 33 heavy (non-hydrogen) atoms. The van der Waals surface area contributed by atoms with E-state index < -0.39 is 0 Å². The highest BCUT2D eigenvalue weighted by Gasteiger charge is 2.26. The number of carbonyl (C=O) groups excluding carboxylic acids is 2. The molecule has 0 saturated carbocycles. The number of ketones is 1. The SMILES string of the molecule is O=C(Nc1ccc(C(=O)C2C=CC3=C(C2)c2ccsc2CC=N3)cc1)c1cccc(Cl)c1Cl. The van der Waals surface area contributed by atoms with Gasteiger partial charge in [-0.05, 0) is 71.5 Å². The predicted octanol–water partition coefficient (Wildman–Crippen LogP) is 7.10. The number of allylic oxidation sites excluding steroid dienone is 3. The normalized spacial score (nSPS) is 16.7. The lowest BCUT2D eigenvalue weighted by Gasteiger charge is -2.20. The standard InChI is InChI=1S/C26H18Cl2N2O2S/c27-21-3-1-2-19(24(21)28)26(32)30-17-7-4-15(5-8-17)25(31)16-6-9-22-20(14-16)18-11-13-33-23(18)10-12-29-22/h1-9,11-13,16H,10,14H2,(H,30,32). The fourth-order valence-electron chi connectivity index (χ4n) is 4.05. The Hall–Kier alpha value is -2.99. The van der Waals surface area contributed by atoms with Crippen LogP contribution in [0, 0.1) is 5.92 Å². The maximum Gasteiger partial charge on any atom is 0.257 e. The highest BCUT2D eigenvalue weighted by Crippen LogP contribution is 2.38. The summed E-state index contributed by atoms with van der Waals surface area (Å²) in [5.41, 5.74) is 4.72. The minimum atomic E-state index is -0.364. The first-order valence-corrected chi connectivity index (χ1v) is 12.0. The van der Waals surface area contributed by atoms with Gasteiger partial charge in [0.15, 0.2) is 5.78 Å². The van der Waals surface area contributed by atoms with Crippen LogP contribution in [0.2, 0.25) is 10.0 Å². The average Bonchev–Trinajstić information content (AvgIpc) is 3.22. The monoisotopic (exact) mass is 492 g/mol. The Balaban J connectivity index is 1.31. The number of anilines is 1. The number of amides is 1. The van der Waals surface area contributed by atoms with Gasteiger partial charge in [-0.1, -0.05) is 35.3 Å². The Kier molecular flexibility index (Phi) is 6.02. The summed E-state index contributed by atoms with van der Waals surface area (Å²) in [7, 11) is 0. The molecule has 0 radical (unpaired) electrons.